The van der Waals surface area contributed by atoms with Crippen LogP contribution >= 0.6 is 0 Å². The fourth-order valence-corrected chi connectivity index (χ4v) is 3.70. The van der Waals surface area contributed by atoms with Gasteiger partial charge in [0.15, 0.2) is 0 Å². The quantitative estimate of drug-likeness (QED) is 0.710. The Hall–Kier alpha value is -3.29. The fraction of sp³-hybridized carbons (Fsp3) is 0.238. The number of anilines is 2. The lowest BCUT2D eigenvalue weighted by atomic mass is 10.0. The summed E-state index contributed by atoms with van der Waals surface area (Å²) in [5.41, 5.74) is 0.839. The number of fused-ring (bicyclic) bond motifs is 1. The van der Waals surface area contributed by atoms with Crippen LogP contribution in [0.4, 0.5) is 24.8 Å². The molecule has 29 heavy (non-hydrogen) atoms. The maximum atomic E-state index is 14.5. The lowest BCUT2D eigenvalue weighted by molar-refractivity contribution is 0.414. The van der Waals surface area contributed by atoms with Crippen LogP contribution in [0, 0.1) is 24.4 Å². The molecule has 0 radical (unpaired) electrons. The van der Waals surface area contributed by atoms with Gasteiger partial charge >= 0.3 is 5.56 Å². The van der Waals surface area contributed by atoms with E-state index in [1.165, 1.54) is 10.6 Å². The largest absolute Gasteiger partial charge is 0.497 e. The molecule has 0 spiro atoms. The normalized spacial score (nSPS) is 15.3. The molecule has 0 fully saturated rings. The van der Waals surface area contributed by atoms with E-state index in [0.29, 0.717) is 17.9 Å². The molecule has 0 bridgehead atoms. The second-order valence-electron chi connectivity index (χ2n) is 6.90. The third-order valence-electron chi connectivity index (χ3n) is 5.14. The van der Waals surface area contributed by atoms with Crippen molar-refractivity contribution in [3.8, 4) is 5.75 Å². The molecule has 0 aliphatic carbocycles. The molecule has 1 N–H and O–H groups in total. The zero-order valence-electron chi connectivity index (χ0n) is 15.8. The number of benzene rings is 2. The molecule has 1 aromatic heterocycles. The Morgan fingerprint density at radius 2 is 1.97 bits per heavy atom. The molecular formula is C21H18F3N3O2. The van der Waals surface area contributed by atoms with Crippen molar-refractivity contribution in [1.29, 1.82) is 0 Å². The number of methoxy groups -OCH3 is 1. The van der Waals surface area contributed by atoms with Crippen molar-refractivity contribution in [3.05, 3.63) is 81.0 Å². The van der Waals surface area contributed by atoms with E-state index in [2.05, 4.69) is 10.3 Å². The van der Waals surface area contributed by atoms with Crippen LogP contribution in [0.15, 0.2) is 41.2 Å². The van der Waals surface area contributed by atoms with E-state index < -0.39 is 29.1 Å². The van der Waals surface area contributed by atoms with E-state index >= 15 is 0 Å². The average Bonchev–Trinajstić information content (AvgIpc) is 3.12. The highest BCUT2D eigenvalue weighted by atomic mass is 19.1. The molecule has 5 nitrogen and oxygen atoms in total. The summed E-state index contributed by atoms with van der Waals surface area (Å²) in [5.74, 6) is -1.61. The van der Waals surface area contributed by atoms with Crippen molar-refractivity contribution < 1.29 is 17.9 Å². The second-order valence-corrected chi connectivity index (χ2v) is 6.90. The van der Waals surface area contributed by atoms with Crippen LogP contribution < -0.4 is 15.6 Å². The minimum absolute atomic E-state index is 0.103. The smallest absolute Gasteiger partial charge is 0.310 e. The molecule has 3 aromatic rings. The van der Waals surface area contributed by atoms with Gasteiger partial charge in [-0.25, -0.2) is 8.78 Å². The minimum atomic E-state index is -0.981. The summed E-state index contributed by atoms with van der Waals surface area (Å²) in [6.45, 7) is 1.84. The Morgan fingerprint density at radius 3 is 2.66 bits per heavy atom. The second kappa shape index (κ2) is 7.27. The number of aryl methyl sites for hydroxylation is 1. The number of rotatable bonds is 4. The van der Waals surface area contributed by atoms with Crippen LogP contribution in [-0.4, -0.2) is 16.7 Å². The van der Waals surface area contributed by atoms with E-state index in [9.17, 15) is 18.0 Å². The molecule has 4 rings (SSSR count). The van der Waals surface area contributed by atoms with Crippen molar-refractivity contribution in [1.82, 2.24) is 9.55 Å². The van der Waals surface area contributed by atoms with Gasteiger partial charge < -0.3 is 14.6 Å². The van der Waals surface area contributed by atoms with E-state index in [0.717, 1.165) is 17.7 Å². The van der Waals surface area contributed by atoms with Crippen molar-refractivity contribution in [3.63, 3.8) is 0 Å². The number of ether oxygens (including phenoxy) is 1. The lowest BCUT2D eigenvalue weighted by Crippen LogP contribution is -2.23. The summed E-state index contributed by atoms with van der Waals surface area (Å²) in [5, 5.41) is 3.06. The first-order chi connectivity index (χ1) is 13.9. The van der Waals surface area contributed by atoms with Crippen LogP contribution in [0.3, 0.4) is 0 Å². The van der Waals surface area contributed by atoms with Gasteiger partial charge in [0.1, 0.15) is 17.4 Å². The van der Waals surface area contributed by atoms with Crippen molar-refractivity contribution >= 4 is 11.6 Å². The Morgan fingerprint density at radius 1 is 1.17 bits per heavy atom. The number of hydrogen-bond acceptors (Lipinski definition) is 4. The molecular weight excluding hydrogens is 383 g/mol. The van der Waals surface area contributed by atoms with Crippen LogP contribution in [0.25, 0.3) is 0 Å². The summed E-state index contributed by atoms with van der Waals surface area (Å²) in [4.78, 5) is 15.9. The lowest BCUT2D eigenvalue weighted by Gasteiger charge is -2.21. The van der Waals surface area contributed by atoms with E-state index in [1.807, 2.05) is 6.92 Å². The highest BCUT2D eigenvalue weighted by molar-refractivity contribution is 5.60. The first-order valence-electron chi connectivity index (χ1n) is 9.06. The molecule has 1 unspecified atom stereocenters. The van der Waals surface area contributed by atoms with Gasteiger partial charge in [-0.2, -0.15) is 9.37 Å². The monoisotopic (exact) mass is 401 g/mol. The molecule has 2 aromatic carbocycles. The number of aromatic nitrogens is 2. The maximum absolute atomic E-state index is 14.5. The fourth-order valence-electron chi connectivity index (χ4n) is 3.70. The Bertz CT molecular complexity index is 1160. The SMILES string of the molecule is COc1ccc(Nc2nc(=O)c(F)c3n2C(c2ccc(F)cc2F)CC3)c(C)c1. The Kier molecular flexibility index (Phi) is 4.77. The van der Waals surface area contributed by atoms with Crippen molar-refractivity contribution in [2.75, 3.05) is 12.4 Å². The number of halogens is 3. The highest BCUT2D eigenvalue weighted by Crippen LogP contribution is 2.37. The summed E-state index contributed by atoms with van der Waals surface area (Å²) >= 11 is 0. The third-order valence-corrected chi connectivity index (χ3v) is 5.14. The van der Waals surface area contributed by atoms with Crippen LogP contribution in [0.2, 0.25) is 0 Å². The maximum Gasteiger partial charge on any atom is 0.310 e. The van der Waals surface area contributed by atoms with Gasteiger partial charge in [-0.15, -0.1) is 0 Å². The standard InChI is InChI=1S/C21H18F3N3O2/c1-11-9-13(29-2)4-6-16(11)25-21-26-20(28)19(24)18-8-7-17(27(18)21)14-5-3-12(22)10-15(14)23/h3-6,9-10,17H,7-8H2,1-2H3,(H,25,26,28). The van der Waals surface area contributed by atoms with Crippen LogP contribution in [0.1, 0.15) is 29.3 Å². The first kappa shape index (κ1) is 19.0. The molecule has 1 atom stereocenters. The number of hydrogen-bond donors (Lipinski definition) is 1. The minimum Gasteiger partial charge on any atom is -0.497 e. The predicted molar refractivity (Wildman–Crippen MR) is 102 cm³/mol. The third kappa shape index (κ3) is 3.35. The van der Waals surface area contributed by atoms with Crippen molar-refractivity contribution in [2.24, 2.45) is 0 Å². The van der Waals surface area contributed by atoms with Crippen LogP contribution in [0.5, 0.6) is 5.75 Å². The van der Waals surface area contributed by atoms with Gasteiger partial charge in [0.2, 0.25) is 11.8 Å². The molecule has 150 valence electrons. The van der Waals surface area contributed by atoms with Gasteiger partial charge in [-0.3, -0.25) is 4.79 Å². The van der Waals surface area contributed by atoms with E-state index in [1.54, 1.807) is 25.3 Å². The van der Waals surface area contributed by atoms with Gasteiger partial charge in [0, 0.05) is 17.3 Å². The molecule has 0 saturated carbocycles. The highest BCUT2D eigenvalue weighted by Gasteiger charge is 2.32. The Balaban J connectivity index is 1.83. The first-order valence-corrected chi connectivity index (χ1v) is 9.06. The van der Waals surface area contributed by atoms with Gasteiger partial charge in [-0.1, -0.05) is 6.07 Å². The van der Waals surface area contributed by atoms with E-state index in [4.69, 9.17) is 4.74 Å². The average molecular weight is 401 g/mol. The number of nitrogens with one attached hydrogen (secondary N) is 1. The zero-order valence-corrected chi connectivity index (χ0v) is 15.8. The summed E-state index contributed by atoms with van der Waals surface area (Å²) in [6, 6.07) is 7.95. The Labute approximate surface area is 164 Å². The van der Waals surface area contributed by atoms with Crippen LogP contribution in [-0.2, 0) is 6.42 Å². The summed E-state index contributed by atoms with van der Waals surface area (Å²) in [6.07, 6.45) is 0.599. The van der Waals surface area contributed by atoms with E-state index in [-0.39, 0.29) is 23.6 Å². The topological polar surface area (TPSA) is 56.1 Å². The molecule has 1 aliphatic heterocycles. The summed E-state index contributed by atoms with van der Waals surface area (Å²) in [7, 11) is 1.55. The number of nitrogens with zero attached hydrogens (tertiary/aromatic N) is 2. The van der Waals surface area contributed by atoms with Crippen molar-refractivity contribution in [2.45, 2.75) is 25.8 Å². The molecule has 8 heteroatoms. The predicted octanol–water partition coefficient (Wildman–Crippen LogP) is 4.26. The molecule has 0 amide bonds. The zero-order chi connectivity index (χ0) is 20.7. The van der Waals surface area contributed by atoms with Gasteiger partial charge in [0.25, 0.3) is 0 Å². The molecule has 0 saturated heterocycles. The summed E-state index contributed by atoms with van der Waals surface area (Å²) < 4.78 is 48.9. The molecule has 2 heterocycles. The van der Waals surface area contributed by atoms with Gasteiger partial charge in [-0.05, 0) is 49.6 Å². The molecule has 1 aliphatic rings. The van der Waals surface area contributed by atoms with Gasteiger partial charge in [0.05, 0.1) is 18.8 Å².